The highest BCUT2D eigenvalue weighted by molar-refractivity contribution is 7.91. The van der Waals surface area contributed by atoms with Crippen LogP contribution in [0.2, 0.25) is 0 Å². The van der Waals surface area contributed by atoms with Crippen molar-refractivity contribution in [1.29, 1.82) is 0 Å². The maximum Gasteiger partial charge on any atom is 0.212 e. The molecule has 8 heteroatoms. The number of aromatic nitrogens is 1. The number of halogens is 1. The Hall–Kier alpha value is -2.71. The summed E-state index contributed by atoms with van der Waals surface area (Å²) < 4.78 is 43.7. The summed E-state index contributed by atoms with van der Waals surface area (Å²) in [5.74, 6) is -0.511. The molecule has 1 aromatic heterocycles. The summed E-state index contributed by atoms with van der Waals surface area (Å²) in [5.41, 5.74) is 1.66. The zero-order valence-electron chi connectivity index (χ0n) is 18.9. The Morgan fingerprint density at radius 1 is 1.00 bits per heavy atom. The molecule has 0 aliphatic carbocycles. The van der Waals surface area contributed by atoms with Gasteiger partial charge in [0.2, 0.25) is 15.3 Å². The van der Waals surface area contributed by atoms with Gasteiger partial charge in [0.25, 0.3) is 0 Å². The van der Waals surface area contributed by atoms with Gasteiger partial charge in [-0.3, -0.25) is 4.79 Å². The molecule has 0 unspecified atom stereocenters. The van der Waals surface area contributed by atoms with Crippen LogP contribution < -0.4 is 10.3 Å². The van der Waals surface area contributed by atoms with E-state index in [0.29, 0.717) is 36.4 Å². The molecule has 6 nitrogen and oxygen atoms in total. The number of hydrogen-bond donors (Lipinski definition) is 0. The summed E-state index contributed by atoms with van der Waals surface area (Å²) in [7, 11) is -2.04. The van der Waals surface area contributed by atoms with Gasteiger partial charge in [0.05, 0.1) is 21.5 Å². The van der Waals surface area contributed by atoms with E-state index in [1.807, 2.05) is 24.9 Å². The van der Waals surface area contributed by atoms with Gasteiger partial charge in [-0.2, -0.15) is 0 Å². The Morgan fingerprint density at radius 2 is 1.69 bits per heavy atom. The smallest absolute Gasteiger partial charge is 0.212 e. The molecule has 0 amide bonds. The Kier molecular flexibility index (Phi) is 5.85. The normalized spacial score (nSPS) is 15.5. The van der Waals surface area contributed by atoms with Crippen LogP contribution >= 0.6 is 0 Å². The molecule has 2 heterocycles. The van der Waals surface area contributed by atoms with E-state index >= 15 is 4.39 Å². The van der Waals surface area contributed by atoms with E-state index in [1.165, 1.54) is 12.3 Å². The van der Waals surface area contributed by atoms with E-state index in [-0.39, 0.29) is 15.2 Å². The lowest BCUT2D eigenvalue weighted by atomic mass is 10.1. The summed E-state index contributed by atoms with van der Waals surface area (Å²) in [6.45, 7) is 8.85. The van der Waals surface area contributed by atoms with Crippen molar-refractivity contribution in [3.8, 4) is 0 Å². The largest absolute Gasteiger partial charge is 0.367 e. The Balaban J connectivity index is 1.92. The summed E-state index contributed by atoms with van der Waals surface area (Å²) >= 11 is 0. The number of pyridine rings is 1. The van der Waals surface area contributed by atoms with Crippen molar-refractivity contribution in [3.05, 3.63) is 63.7 Å². The van der Waals surface area contributed by atoms with Gasteiger partial charge in [-0.1, -0.05) is 12.1 Å². The fourth-order valence-corrected chi connectivity index (χ4v) is 5.92. The SMILES string of the molecule is CCn1cc(S(=O)(=O)c2cc(C)ccc2C)c(=O)c2cc(F)c(N3CCN(C)CC3)cc21. The van der Waals surface area contributed by atoms with E-state index in [4.69, 9.17) is 0 Å². The second kappa shape index (κ2) is 8.33. The van der Waals surface area contributed by atoms with Gasteiger partial charge < -0.3 is 14.4 Å². The molecular formula is C24H28FN3O3S. The third-order valence-corrected chi connectivity index (χ3v) is 8.11. The van der Waals surface area contributed by atoms with Crippen LogP contribution in [0.1, 0.15) is 18.1 Å². The maximum atomic E-state index is 15.1. The Bertz CT molecular complexity index is 1360. The van der Waals surface area contributed by atoms with Crippen molar-refractivity contribution in [2.24, 2.45) is 0 Å². The number of fused-ring (bicyclic) bond motifs is 1. The lowest BCUT2D eigenvalue weighted by Gasteiger charge is -2.34. The van der Waals surface area contributed by atoms with E-state index in [1.54, 1.807) is 36.6 Å². The molecule has 2 aromatic carbocycles. The van der Waals surface area contributed by atoms with Crippen LogP contribution in [0.15, 0.2) is 51.1 Å². The topological polar surface area (TPSA) is 62.6 Å². The first kappa shape index (κ1) is 22.5. The van der Waals surface area contributed by atoms with E-state index < -0.39 is 21.1 Å². The summed E-state index contributed by atoms with van der Waals surface area (Å²) in [5, 5.41) is 0.0774. The highest BCUT2D eigenvalue weighted by Gasteiger charge is 2.27. The summed E-state index contributed by atoms with van der Waals surface area (Å²) in [4.78, 5) is 17.2. The molecule has 170 valence electrons. The lowest BCUT2D eigenvalue weighted by Crippen LogP contribution is -2.44. The minimum atomic E-state index is -4.07. The van der Waals surface area contributed by atoms with Gasteiger partial charge in [0, 0.05) is 38.9 Å². The number of piperazine rings is 1. The van der Waals surface area contributed by atoms with Crippen molar-refractivity contribution in [2.45, 2.75) is 37.1 Å². The second-order valence-corrected chi connectivity index (χ2v) is 10.4. The summed E-state index contributed by atoms with van der Waals surface area (Å²) in [6, 6.07) is 7.99. The monoisotopic (exact) mass is 457 g/mol. The molecule has 0 bridgehead atoms. The Morgan fingerprint density at radius 3 is 2.34 bits per heavy atom. The molecule has 3 aromatic rings. The van der Waals surface area contributed by atoms with Crippen LogP contribution in [-0.4, -0.2) is 51.1 Å². The predicted molar refractivity (Wildman–Crippen MR) is 125 cm³/mol. The molecule has 0 radical (unpaired) electrons. The quantitative estimate of drug-likeness (QED) is 0.601. The molecule has 1 saturated heterocycles. The fourth-order valence-electron chi connectivity index (χ4n) is 4.23. The molecule has 0 saturated carbocycles. The highest BCUT2D eigenvalue weighted by Crippen LogP contribution is 2.29. The summed E-state index contributed by atoms with van der Waals surface area (Å²) in [6.07, 6.45) is 1.40. The van der Waals surface area contributed by atoms with E-state index in [0.717, 1.165) is 18.7 Å². The number of anilines is 1. The zero-order valence-corrected chi connectivity index (χ0v) is 19.7. The van der Waals surface area contributed by atoms with Crippen LogP contribution in [0.3, 0.4) is 0 Å². The number of benzene rings is 2. The maximum absolute atomic E-state index is 15.1. The average Bonchev–Trinajstić information content (AvgIpc) is 2.76. The van der Waals surface area contributed by atoms with E-state index in [2.05, 4.69) is 4.90 Å². The first-order valence-corrected chi connectivity index (χ1v) is 12.2. The fraction of sp³-hybridized carbons (Fsp3) is 0.375. The molecule has 1 aliphatic rings. The molecule has 0 N–H and O–H groups in total. The highest BCUT2D eigenvalue weighted by atomic mass is 32.2. The molecule has 4 rings (SSSR count). The minimum absolute atomic E-state index is 0.0774. The molecule has 0 spiro atoms. The number of rotatable bonds is 4. The van der Waals surface area contributed by atoms with Crippen molar-refractivity contribution < 1.29 is 12.8 Å². The number of hydrogen-bond acceptors (Lipinski definition) is 5. The molecule has 1 aliphatic heterocycles. The molecule has 32 heavy (non-hydrogen) atoms. The van der Waals surface area contributed by atoms with Crippen LogP contribution in [0.25, 0.3) is 10.9 Å². The van der Waals surface area contributed by atoms with Gasteiger partial charge in [0.1, 0.15) is 10.7 Å². The number of nitrogens with zero attached hydrogens (tertiary/aromatic N) is 3. The van der Waals surface area contributed by atoms with Crippen molar-refractivity contribution in [1.82, 2.24) is 9.47 Å². The van der Waals surface area contributed by atoms with Gasteiger partial charge in [-0.15, -0.1) is 0 Å². The zero-order chi connectivity index (χ0) is 23.2. The predicted octanol–water partition coefficient (Wildman–Crippen LogP) is 3.36. The van der Waals surface area contributed by atoms with Gasteiger partial charge in [-0.25, -0.2) is 12.8 Å². The van der Waals surface area contributed by atoms with Crippen LogP contribution in [-0.2, 0) is 16.4 Å². The van der Waals surface area contributed by atoms with Crippen LogP contribution in [0, 0.1) is 19.7 Å². The third kappa shape index (κ3) is 3.82. The molecule has 0 atom stereocenters. The van der Waals surface area contributed by atoms with Crippen LogP contribution in [0.4, 0.5) is 10.1 Å². The standard InChI is InChI=1S/C24H28FN3O3S/c1-5-27-15-23(32(30,31)22-12-16(2)6-7-17(22)3)24(29)18-13-19(25)21(14-20(18)27)28-10-8-26(4)9-11-28/h6-7,12-15H,5,8-11H2,1-4H3. The van der Waals surface area contributed by atoms with Gasteiger partial charge in [0.15, 0.2) is 0 Å². The van der Waals surface area contributed by atoms with Crippen molar-refractivity contribution in [2.75, 3.05) is 38.1 Å². The number of likely N-dealkylation sites (N-methyl/N-ethyl adjacent to an activating group) is 1. The van der Waals surface area contributed by atoms with E-state index in [9.17, 15) is 13.2 Å². The Labute approximate surface area is 187 Å². The van der Waals surface area contributed by atoms with Crippen molar-refractivity contribution >= 4 is 26.4 Å². The van der Waals surface area contributed by atoms with Crippen LogP contribution in [0.5, 0.6) is 0 Å². The number of sulfone groups is 1. The molecular weight excluding hydrogens is 429 g/mol. The third-order valence-electron chi connectivity index (χ3n) is 6.22. The first-order chi connectivity index (χ1) is 15.1. The minimum Gasteiger partial charge on any atom is -0.367 e. The molecule has 1 fully saturated rings. The number of aryl methyl sites for hydroxylation is 3. The van der Waals surface area contributed by atoms with Crippen molar-refractivity contribution in [3.63, 3.8) is 0 Å². The lowest BCUT2D eigenvalue weighted by molar-refractivity contribution is 0.312. The average molecular weight is 458 g/mol. The van der Waals surface area contributed by atoms with Gasteiger partial charge >= 0.3 is 0 Å². The first-order valence-electron chi connectivity index (χ1n) is 10.8. The second-order valence-electron chi connectivity index (χ2n) is 8.49. The van der Waals surface area contributed by atoms with Gasteiger partial charge in [-0.05, 0) is 57.1 Å².